The van der Waals surface area contributed by atoms with Crippen LogP contribution in [0.25, 0.3) is 0 Å². The van der Waals surface area contributed by atoms with Crippen molar-refractivity contribution in [2.24, 2.45) is 0 Å². The van der Waals surface area contributed by atoms with Gasteiger partial charge in [0.15, 0.2) is 5.76 Å². The van der Waals surface area contributed by atoms with E-state index in [2.05, 4.69) is 26.1 Å². The van der Waals surface area contributed by atoms with Crippen LogP contribution < -0.4 is 26.3 Å². The number of methoxy groups -OCH3 is 1. The lowest BCUT2D eigenvalue weighted by molar-refractivity contribution is 0.0991. The van der Waals surface area contributed by atoms with Crippen LogP contribution >= 0.6 is 11.3 Å². The molecule has 11 nitrogen and oxygen atoms in total. The molecule has 0 aliphatic carbocycles. The number of rotatable bonds is 8. The van der Waals surface area contributed by atoms with Gasteiger partial charge in [-0.25, -0.2) is 4.79 Å². The number of aromatic nitrogens is 2. The Hall–Kier alpha value is -3.25. The quantitative estimate of drug-likeness (QED) is 0.469. The van der Waals surface area contributed by atoms with E-state index >= 15 is 0 Å². The number of ether oxygens (including phenoxy) is 2. The molecule has 0 bridgehead atoms. The number of nitrogens with one attached hydrogen (secondary N) is 4. The number of amides is 1. The minimum atomic E-state index is -0.770. The lowest BCUT2D eigenvalue weighted by Gasteiger charge is -2.15. The molecule has 2 aromatic rings. The molecule has 1 aliphatic rings. The molecule has 3 rings (SSSR count). The second-order valence-electron chi connectivity index (χ2n) is 6.06. The van der Waals surface area contributed by atoms with E-state index in [-0.39, 0.29) is 22.7 Å². The summed E-state index contributed by atoms with van der Waals surface area (Å²) in [6.45, 7) is 2.88. The summed E-state index contributed by atoms with van der Waals surface area (Å²) in [5.74, 6) is -0.851. The third-order valence-corrected chi connectivity index (χ3v) is 4.66. The van der Waals surface area contributed by atoms with Crippen molar-refractivity contribution in [3.8, 4) is 5.75 Å². The first-order valence-corrected chi connectivity index (χ1v) is 9.47. The maximum Gasteiger partial charge on any atom is 0.381 e. The van der Waals surface area contributed by atoms with E-state index in [4.69, 9.17) is 19.3 Å². The van der Waals surface area contributed by atoms with Gasteiger partial charge in [0, 0.05) is 24.6 Å². The first-order valence-electron chi connectivity index (χ1n) is 8.65. The van der Waals surface area contributed by atoms with Crippen LogP contribution in [0.4, 0.5) is 16.0 Å². The molecule has 1 atom stereocenters. The third kappa shape index (κ3) is 5.18. The fraction of sp³-hybridized carbons (Fsp3) is 0.353. The summed E-state index contributed by atoms with van der Waals surface area (Å²) in [6, 6.07) is 1.42. The predicted octanol–water partition coefficient (Wildman–Crippen LogP) is 1.92. The Kier molecular flexibility index (Phi) is 6.57. The van der Waals surface area contributed by atoms with E-state index in [1.807, 2.05) is 0 Å². The van der Waals surface area contributed by atoms with E-state index in [0.717, 1.165) is 24.0 Å². The minimum absolute atomic E-state index is 0.00988. The van der Waals surface area contributed by atoms with Gasteiger partial charge in [0.1, 0.15) is 0 Å². The lowest BCUT2D eigenvalue weighted by Crippen LogP contribution is -2.22. The van der Waals surface area contributed by atoms with Crippen LogP contribution in [0.5, 0.6) is 5.75 Å². The average Bonchev–Trinajstić information content (AvgIpc) is 3.34. The molecule has 1 fully saturated rings. The first-order chi connectivity index (χ1) is 14.0. The van der Waals surface area contributed by atoms with E-state index in [9.17, 15) is 9.59 Å². The van der Waals surface area contributed by atoms with E-state index in [1.165, 1.54) is 13.2 Å². The zero-order valence-electron chi connectivity index (χ0n) is 15.8. The molecule has 0 spiro atoms. The molecule has 154 valence electrons. The van der Waals surface area contributed by atoms with Gasteiger partial charge in [-0.1, -0.05) is 11.3 Å². The van der Waals surface area contributed by atoms with Crippen LogP contribution in [0.2, 0.25) is 0 Å². The van der Waals surface area contributed by atoms with E-state index in [0.29, 0.717) is 29.7 Å². The third-order valence-electron chi connectivity index (χ3n) is 3.91. The van der Waals surface area contributed by atoms with Crippen LogP contribution in [0.1, 0.15) is 23.9 Å². The normalized spacial score (nSPS) is 16.3. The van der Waals surface area contributed by atoms with Crippen molar-refractivity contribution in [2.75, 3.05) is 36.3 Å². The maximum atomic E-state index is 12.5. The highest BCUT2D eigenvalue weighted by Crippen LogP contribution is 2.25. The Morgan fingerprint density at radius 3 is 2.79 bits per heavy atom. The molecule has 4 N–H and O–H groups in total. The van der Waals surface area contributed by atoms with Gasteiger partial charge in [-0.05, 0) is 19.4 Å². The molecule has 1 amide bonds. The van der Waals surface area contributed by atoms with E-state index < -0.39 is 11.5 Å². The van der Waals surface area contributed by atoms with Crippen LogP contribution in [-0.4, -0.2) is 48.7 Å². The molecule has 1 saturated heterocycles. The fourth-order valence-electron chi connectivity index (χ4n) is 2.58. The van der Waals surface area contributed by atoms with Crippen LogP contribution in [-0.2, 0) is 4.74 Å². The van der Waals surface area contributed by atoms with Crippen molar-refractivity contribution in [1.29, 1.82) is 5.41 Å². The number of hydrogen-bond acceptors (Lipinski definition) is 11. The molecule has 3 heterocycles. The fourth-order valence-corrected chi connectivity index (χ4v) is 3.28. The van der Waals surface area contributed by atoms with Crippen molar-refractivity contribution in [2.45, 2.75) is 19.4 Å². The second kappa shape index (κ2) is 9.30. The number of allylic oxidation sites excluding steroid dienone is 2. The van der Waals surface area contributed by atoms with Gasteiger partial charge in [-0.2, -0.15) is 0 Å². The maximum absolute atomic E-state index is 12.5. The number of carbonyl (C=O) groups is 1. The van der Waals surface area contributed by atoms with Crippen molar-refractivity contribution < 1.29 is 18.7 Å². The Balaban J connectivity index is 1.76. The number of hydrogen-bond donors (Lipinski definition) is 4. The summed E-state index contributed by atoms with van der Waals surface area (Å²) in [4.78, 5) is 24.7. The van der Waals surface area contributed by atoms with Crippen molar-refractivity contribution in [1.82, 2.24) is 10.2 Å². The molecule has 2 aromatic heterocycles. The van der Waals surface area contributed by atoms with Crippen LogP contribution in [0.3, 0.4) is 0 Å². The Morgan fingerprint density at radius 1 is 1.38 bits per heavy atom. The molecule has 0 saturated carbocycles. The number of carbonyl (C=O) groups excluding carboxylic acids is 1. The summed E-state index contributed by atoms with van der Waals surface area (Å²) in [7, 11) is 1.35. The molecular weight excluding hydrogens is 400 g/mol. The highest BCUT2D eigenvalue weighted by molar-refractivity contribution is 7.19. The van der Waals surface area contributed by atoms with Gasteiger partial charge < -0.3 is 29.9 Å². The molecular formula is C17H20N6O5S. The summed E-state index contributed by atoms with van der Waals surface area (Å²) in [5, 5.41) is 24.1. The van der Waals surface area contributed by atoms with Gasteiger partial charge >= 0.3 is 5.63 Å². The second-order valence-corrected chi connectivity index (χ2v) is 7.04. The lowest BCUT2D eigenvalue weighted by atomic mass is 10.2. The molecule has 0 aromatic carbocycles. The molecule has 12 heteroatoms. The Labute approximate surface area is 169 Å². The summed E-state index contributed by atoms with van der Waals surface area (Å²) >= 11 is 1.09. The van der Waals surface area contributed by atoms with Gasteiger partial charge in [0.2, 0.25) is 16.0 Å². The van der Waals surface area contributed by atoms with Gasteiger partial charge in [-0.15, -0.1) is 10.2 Å². The zero-order valence-corrected chi connectivity index (χ0v) is 16.6. The highest BCUT2D eigenvalue weighted by Gasteiger charge is 2.22. The van der Waals surface area contributed by atoms with Gasteiger partial charge in [0.25, 0.3) is 5.91 Å². The molecule has 0 unspecified atom stereocenters. The molecule has 29 heavy (non-hydrogen) atoms. The molecule has 0 radical (unpaired) electrons. The van der Waals surface area contributed by atoms with Crippen molar-refractivity contribution >= 4 is 39.4 Å². The SMILES string of the molecule is COc1c(N[C@@H]2CCOC2)cc(C(=O)Nc2nnc(N/C(C)=C\C=N)s2)oc1=O. The Bertz CT molecular complexity index is 979. The summed E-state index contributed by atoms with van der Waals surface area (Å²) in [5.41, 5.74) is 0.284. The largest absolute Gasteiger partial charge is 0.488 e. The predicted molar refractivity (Wildman–Crippen MR) is 108 cm³/mol. The van der Waals surface area contributed by atoms with Crippen molar-refractivity contribution in [3.63, 3.8) is 0 Å². The highest BCUT2D eigenvalue weighted by atomic mass is 32.1. The number of nitrogens with zero attached hydrogens (tertiary/aromatic N) is 2. The van der Waals surface area contributed by atoms with Gasteiger partial charge in [0.05, 0.1) is 25.4 Å². The zero-order chi connectivity index (χ0) is 20.8. The average molecular weight is 420 g/mol. The minimum Gasteiger partial charge on any atom is -0.488 e. The van der Waals surface area contributed by atoms with Gasteiger partial charge in [-0.3, -0.25) is 10.1 Å². The molecule has 1 aliphatic heterocycles. The smallest absolute Gasteiger partial charge is 0.381 e. The standard InChI is InChI=1S/C17H20N6O5S/c1-9(3-5-18)19-16-22-23-17(29-16)21-14(24)12-7-11(13(26-2)15(25)28-12)20-10-4-6-27-8-10/h3,5,7,10,18,20H,4,6,8H2,1-2H3,(H,19,22)(H,21,23,24)/b9-3-,18-5?/t10-/m1/s1. The summed E-state index contributed by atoms with van der Waals surface area (Å²) in [6.07, 6.45) is 3.47. The van der Waals surface area contributed by atoms with Crippen LogP contribution in [0, 0.1) is 5.41 Å². The first kappa shape index (κ1) is 20.5. The monoisotopic (exact) mass is 420 g/mol. The van der Waals surface area contributed by atoms with Crippen LogP contribution in [0.15, 0.2) is 27.1 Å². The number of anilines is 3. The van der Waals surface area contributed by atoms with E-state index in [1.54, 1.807) is 13.0 Å². The van der Waals surface area contributed by atoms with Crippen molar-refractivity contribution in [3.05, 3.63) is 34.0 Å². The topological polar surface area (TPSA) is 151 Å². The Morgan fingerprint density at radius 2 is 2.14 bits per heavy atom. The summed E-state index contributed by atoms with van der Waals surface area (Å²) < 4.78 is 15.5.